The van der Waals surface area contributed by atoms with Gasteiger partial charge in [0.1, 0.15) is 0 Å². The van der Waals surface area contributed by atoms with E-state index in [1.807, 2.05) is 0 Å². The number of rotatable bonds is 5. The average Bonchev–Trinajstić information content (AvgIpc) is 2.69. The minimum absolute atomic E-state index is 0.192. The van der Waals surface area contributed by atoms with E-state index in [9.17, 15) is 18.0 Å². The molecule has 0 saturated carbocycles. The summed E-state index contributed by atoms with van der Waals surface area (Å²) in [4.78, 5) is 25.2. The number of piperidine rings is 1. The van der Waals surface area contributed by atoms with Crippen LogP contribution in [0, 0.1) is 5.92 Å². The topological polar surface area (TPSA) is 95.6 Å². The zero-order valence-electron chi connectivity index (χ0n) is 15.9. The number of hydrogen-bond donors (Lipinski definition) is 2. The number of halogens is 1. The van der Waals surface area contributed by atoms with Crippen molar-refractivity contribution in [2.45, 2.75) is 12.8 Å². The van der Waals surface area contributed by atoms with Crippen molar-refractivity contribution in [3.8, 4) is 0 Å². The van der Waals surface area contributed by atoms with E-state index in [0.717, 1.165) is 0 Å². The third-order valence-electron chi connectivity index (χ3n) is 4.81. The highest BCUT2D eigenvalue weighted by atomic mass is 35.5. The molecular formula is C20H22ClN3O4S. The van der Waals surface area contributed by atoms with Crippen LogP contribution in [0.15, 0.2) is 48.5 Å². The second-order valence-corrected chi connectivity index (χ2v) is 9.35. The van der Waals surface area contributed by atoms with Gasteiger partial charge in [-0.3, -0.25) is 9.59 Å². The van der Waals surface area contributed by atoms with E-state index in [4.69, 9.17) is 11.6 Å². The van der Waals surface area contributed by atoms with Gasteiger partial charge < -0.3 is 10.6 Å². The molecule has 1 fully saturated rings. The van der Waals surface area contributed by atoms with Crippen LogP contribution < -0.4 is 10.6 Å². The number of carbonyl (C=O) groups is 2. The lowest BCUT2D eigenvalue weighted by Crippen LogP contribution is -2.40. The molecule has 1 saturated heterocycles. The summed E-state index contributed by atoms with van der Waals surface area (Å²) in [5, 5.41) is 6.10. The number of amides is 2. The molecule has 0 aliphatic carbocycles. The highest BCUT2D eigenvalue weighted by molar-refractivity contribution is 7.88. The van der Waals surface area contributed by atoms with Gasteiger partial charge in [0.05, 0.1) is 17.6 Å². The standard InChI is InChI=1S/C20H22ClN3O4S/c1-29(27,28)24-11-9-14(10-12-24)19(25)22-17-7-2-3-8-18(17)23-20(26)15-5-4-6-16(21)13-15/h2-8,13-14H,9-12H2,1H3,(H,22,25)(H,23,26). The lowest BCUT2D eigenvalue weighted by atomic mass is 9.97. The molecule has 2 amide bonds. The normalized spacial score (nSPS) is 15.7. The number of benzene rings is 2. The molecule has 154 valence electrons. The predicted octanol–water partition coefficient (Wildman–Crippen LogP) is 3.20. The molecule has 1 aliphatic heterocycles. The van der Waals surface area contributed by atoms with Crippen molar-refractivity contribution in [3.63, 3.8) is 0 Å². The molecule has 0 spiro atoms. The van der Waals surface area contributed by atoms with Gasteiger partial charge in [-0.15, -0.1) is 0 Å². The van der Waals surface area contributed by atoms with E-state index in [1.165, 1.54) is 10.6 Å². The van der Waals surface area contributed by atoms with Gasteiger partial charge in [-0.2, -0.15) is 0 Å². The minimum Gasteiger partial charge on any atom is -0.324 e. The maximum Gasteiger partial charge on any atom is 0.255 e. The molecule has 0 atom stereocenters. The summed E-state index contributed by atoms with van der Waals surface area (Å²) in [6.07, 6.45) is 2.08. The van der Waals surface area contributed by atoms with Gasteiger partial charge >= 0.3 is 0 Å². The Balaban J connectivity index is 1.66. The Hall–Kier alpha value is -2.42. The van der Waals surface area contributed by atoms with Gasteiger partial charge in [-0.25, -0.2) is 12.7 Å². The maximum absolute atomic E-state index is 12.7. The quantitative estimate of drug-likeness (QED) is 0.753. The van der Waals surface area contributed by atoms with Gasteiger partial charge in [0.25, 0.3) is 5.91 Å². The van der Waals surface area contributed by atoms with Crippen molar-refractivity contribution in [2.24, 2.45) is 5.92 Å². The molecule has 1 aliphatic rings. The number of carbonyl (C=O) groups excluding carboxylic acids is 2. The van der Waals surface area contributed by atoms with Crippen LogP contribution in [-0.2, 0) is 14.8 Å². The summed E-state index contributed by atoms with van der Waals surface area (Å²) in [6.45, 7) is 0.647. The van der Waals surface area contributed by atoms with Crippen LogP contribution in [0.5, 0.6) is 0 Å². The molecule has 7 nitrogen and oxygen atoms in total. The van der Waals surface area contributed by atoms with Crippen molar-refractivity contribution < 1.29 is 18.0 Å². The van der Waals surface area contributed by atoms with E-state index < -0.39 is 10.0 Å². The first-order valence-corrected chi connectivity index (χ1v) is 11.4. The van der Waals surface area contributed by atoms with Crippen LogP contribution >= 0.6 is 11.6 Å². The zero-order chi connectivity index (χ0) is 21.0. The first-order chi connectivity index (χ1) is 13.7. The molecule has 2 aromatic carbocycles. The number of sulfonamides is 1. The highest BCUT2D eigenvalue weighted by Crippen LogP contribution is 2.25. The van der Waals surface area contributed by atoms with E-state index in [0.29, 0.717) is 47.9 Å². The van der Waals surface area contributed by atoms with Crippen LogP contribution in [-0.4, -0.2) is 43.9 Å². The summed E-state index contributed by atoms with van der Waals surface area (Å²) in [5.41, 5.74) is 1.37. The summed E-state index contributed by atoms with van der Waals surface area (Å²) < 4.78 is 24.6. The van der Waals surface area contributed by atoms with Crippen LogP contribution in [0.4, 0.5) is 11.4 Å². The third kappa shape index (κ3) is 5.56. The molecule has 0 bridgehead atoms. The fourth-order valence-corrected chi connectivity index (χ4v) is 4.27. The monoisotopic (exact) mass is 435 g/mol. The van der Waals surface area contributed by atoms with E-state index >= 15 is 0 Å². The number of nitrogens with zero attached hydrogens (tertiary/aromatic N) is 1. The number of nitrogens with one attached hydrogen (secondary N) is 2. The minimum atomic E-state index is -3.24. The molecule has 2 N–H and O–H groups in total. The molecule has 0 unspecified atom stereocenters. The molecule has 1 heterocycles. The molecule has 9 heteroatoms. The Morgan fingerprint density at radius 3 is 2.21 bits per heavy atom. The smallest absolute Gasteiger partial charge is 0.255 e. The number of anilines is 2. The fourth-order valence-electron chi connectivity index (χ4n) is 3.21. The van der Waals surface area contributed by atoms with E-state index in [1.54, 1.807) is 48.5 Å². The summed E-state index contributed by atoms with van der Waals surface area (Å²) in [7, 11) is -3.24. The highest BCUT2D eigenvalue weighted by Gasteiger charge is 2.29. The van der Waals surface area contributed by atoms with Gasteiger partial charge in [-0.1, -0.05) is 29.8 Å². The molecule has 3 rings (SSSR count). The first-order valence-electron chi connectivity index (χ1n) is 9.16. The van der Waals surface area contributed by atoms with Gasteiger partial charge in [0.15, 0.2) is 0 Å². The van der Waals surface area contributed by atoms with Crippen molar-refractivity contribution >= 4 is 44.8 Å². The number of para-hydroxylation sites is 2. The van der Waals surface area contributed by atoms with E-state index in [-0.39, 0.29) is 17.7 Å². The van der Waals surface area contributed by atoms with Crippen LogP contribution in [0.3, 0.4) is 0 Å². The predicted molar refractivity (Wildman–Crippen MR) is 114 cm³/mol. The largest absolute Gasteiger partial charge is 0.324 e. The third-order valence-corrected chi connectivity index (χ3v) is 6.35. The Bertz CT molecular complexity index is 1020. The second-order valence-electron chi connectivity index (χ2n) is 6.94. The van der Waals surface area contributed by atoms with Crippen LogP contribution in [0.2, 0.25) is 5.02 Å². The van der Waals surface area contributed by atoms with Gasteiger partial charge in [0.2, 0.25) is 15.9 Å². The first kappa shape index (κ1) is 21.3. The van der Waals surface area contributed by atoms with Crippen molar-refractivity contribution in [1.29, 1.82) is 0 Å². The van der Waals surface area contributed by atoms with Gasteiger partial charge in [0, 0.05) is 29.6 Å². The Morgan fingerprint density at radius 1 is 1.00 bits per heavy atom. The summed E-state index contributed by atoms with van der Waals surface area (Å²) >= 11 is 5.94. The van der Waals surface area contributed by atoms with Crippen molar-refractivity contribution in [1.82, 2.24) is 4.31 Å². The summed E-state index contributed by atoms with van der Waals surface area (Å²) in [5.74, 6) is -0.817. The van der Waals surface area contributed by atoms with Crippen LogP contribution in [0.25, 0.3) is 0 Å². The Morgan fingerprint density at radius 2 is 1.62 bits per heavy atom. The molecule has 0 aromatic heterocycles. The Kier molecular flexibility index (Phi) is 6.56. The maximum atomic E-state index is 12.7. The van der Waals surface area contributed by atoms with Crippen LogP contribution in [0.1, 0.15) is 23.2 Å². The summed E-state index contributed by atoms with van der Waals surface area (Å²) in [6, 6.07) is 13.5. The van der Waals surface area contributed by atoms with Crippen molar-refractivity contribution in [3.05, 3.63) is 59.1 Å². The lowest BCUT2D eigenvalue weighted by molar-refractivity contribution is -0.120. The van der Waals surface area contributed by atoms with Crippen molar-refractivity contribution in [2.75, 3.05) is 30.0 Å². The second kappa shape index (κ2) is 8.94. The average molecular weight is 436 g/mol. The molecule has 0 radical (unpaired) electrons. The SMILES string of the molecule is CS(=O)(=O)N1CCC(C(=O)Nc2ccccc2NC(=O)c2cccc(Cl)c2)CC1. The molecule has 2 aromatic rings. The molecule has 29 heavy (non-hydrogen) atoms. The lowest BCUT2D eigenvalue weighted by Gasteiger charge is -2.29. The van der Waals surface area contributed by atoms with E-state index in [2.05, 4.69) is 10.6 Å². The number of hydrogen-bond acceptors (Lipinski definition) is 4. The zero-order valence-corrected chi connectivity index (χ0v) is 17.5. The van der Waals surface area contributed by atoms with Gasteiger partial charge in [-0.05, 0) is 43.2 Å². The fraction of sp³-hybridized carbons (Fsp3) is 0.300. The Labute approximate surface area is 175 Å². The molecular weight excluding hydrogens is 414 g/mol.